The molecule has 4 nitrogen and oxygen atoms in total. The van der Waals surface area contributed by atoms with Crippen LogP contribution in [0.15, 0.2) is 42.5 Å². The van der Waals surface area contributed by atoms with Crippen molar-refractivity contribution < 1.29 is 14.3 Å². The first kappa shape index (κ1) is 23.1. The predicted octanol–water partition coefficient (Wildman–Crippen LogP) is 6.07. The molecule has 0 saturated carbocycles. The van der Waals surface area contributed by atoms with Crippen LogP contribution in [0, 0.1) is 5.41 Å². The molecule has 1 heterocycles. The summed E-state index contributed by atoms with van der Waals surface area (Å²) in [6.45, 7) is 9.92. The molecule has 0 spiro atoms. The molecule has 0 N–H and O–H groups in total. The predicted molar refractivity (Wildman–Crippen MR) is 125 cm³/mol. The van der Waals surface area contributed by atoms with E-state index in [0.717, 1.165) is 18.6 Å². The largest absolute Gasteiger partial charge is 0.494 e. The van der Waals surface area contributed by atoms with Gasteiger partial charge in [-0.2, -0.15) is 0 Å². The number of fused-ring (bicyclic) bond motifs is 1. The Bertz CT molecular complexity index is 887. The fourth-order valence-electron chi connectivity index (χ4n) is 4.58. The van der Waals surface area contributed by atoms with Crippen molar-refractivity contribution in [3.8, 4) is 5.75 Å². The van der Waals surface area contributed by atoms with Crippen molar-refractivity contribution in [3.05, 3.63) is 64.7 Å². The average molecular weight is 422 g/mol. The molecule has 166 valence electrons. The number of benzene rings is 2. The van der Waals surface area contributed by atoms with Crippen LogP contribution in [0.4, 0.5) is 0 Å². The van der Waals surface area contributed by atoms with Gasteiger partial charge in [-0.3, -0.25) is 14.5 Å². The highest BCUT2D eigenvalue weighted by Gasteiger charge is 2.34. The van der Waals surface area contributed by atoms with Gasteiger partial charge in [-0.15, -0.1) is 0 Å². The van der Waals surface area contributed by atoms with Crippen LogP contribution in [0.1, 0.15) is 85.2 Å². The third-order valence-electron chi connectivity index (χ3n) is 7.05. The molecular weight excluding hydrogens is 386 g/mol. The molecule has 0 atom stereocenters. The smallest absolute Gasteiger partial charge is 0.261 e. The van der Waals surface area contributed by atoms with Crippen molar-refractivity contribution in [3.63, 3.8) is 0 Å². The van der Waals surface area contributed by atoms with Crippen molar-refractivity contribution >= 4 is 11.8 Å². The fraction of sp³-hybridized carbons (Fsp3) is 0.481. The first-order valence-corrected chi connectivity index (χ1v) is 11.7. The summed E-state index contributed by atoms with van der Waals surface area (Å²) in [5.74, 6) is 0.451. The van der Waals surface area contributed by atoms with Gasteiger partial charge in [0.25, 0.3) is 11.8 Å². The van der Waals surface area contributed by atoms with Gasteiger partial charge in [0, 0.05) is 6.54 Å². The van der Waals surface area contributed by atoms with Crippen molar-refractivity contribution in [2.45, 2.75) is 66.2 Å². The van der Waals surface area contributed by atoms with Crippen molar-refractivity contribution in [2.75, 3.05) is 13.2 Å². The number of amides is 2. The third-order valence-corrected chi connectivity index (χ3v) is 7.05. The van der Waals surface area contributed by atoms with E-state index < -0.39 is 0 Å². The van der Waals surface area contributed by atoms with Gasteiger partial charge in [0.15, 0.2) is 0 Å². The van der Waals surface area contributed by atoms with Crippen LogP contribution in [0.2, 0.25) is 0 Å². The van der Waals surface area contributed by atoms with E-state index in [2.05, 4.69) is 45.9 Å². The summed E-state index contributed by atoms with van der Waals surface area (Å²) in [5.41, 5.74) is 4.14. The summed E-state index contributed by atoms with van der Waals surface area (Å²) in [6.07, 6.45) is 6.28. The average Bonchev–Trinajstić information content (AvgIpc) is 3.05. The van der Waals surface area contributed by atoms with Gasteiger partial charge in [0.05, 0.1) is 17.7 Å². The minimum absolute atomic E-state index is 0.204. The lowest BCUT2D eigenvalue weighted by Gasteiger charge is -2.31. The summed E-state index contributed by atoms with van der Waals surface area (Å²) in [7, 11) is 0. The molecule has 3 rings (SSSR count). The first-order valence-electron chi connectivity index (χ1n) is 11.7. The molecule has 0 saturated heterocycles. The van der Waals surface area contributed by atoms with E-state index in [1.165, 1.54) is 35.3 Å². The Hall–Kier alpha value is -2.62. The minimum atomic E-state index is -0.204. The highest BCUT2D eigenvalue weighted by atomic mass is 16.5. The molecule has 0 aliphatic carbocycles. The normalized spacial score (nSPS) is 13.6. The van der Waals surface area contributed by atoms with E-state index in [9.17, 15) is 9.59 Å². The van der Waals surface area contributed by atoms with Gasteiger partial charge in [0.1, 0.15) is 5.75 Å². The zero-order valence-corrected chi connectivity index (χ0v) is 19.4. The molecule has 0 radical (unpaired) electrons. The van der Waals surface area contributed by atoms with Crippen LogP contribution in [-0.4, -0.2) is 29.9 Å². The second kappa shape index (κ2) is 10.1. The molecule has 1 aliphatic heterocycles. The monoisotopic (exact) mass is 421 g/mol. The minimum Gasteiger partial charge on any atom is -0.494 e. The third kappa shape index (κ3) is 4.84. The number of ether oxygens (including phenoxy) is 1. The topological polar surface area (TPSA) is 46.6 Å². The molecular formula is C27H35NO3. The van der Waals surface area contributed by atoms with Crippen LogP contribution in [0.25, 0.3) is 0 Å². The molecule has 2 amide bonds. The zero-order valence-electron chi connectivity index (χ0n) is 19.4. The number of rotatable bonds is 11. The molecule has 1 aliphatic rings. The molecule has 0 bridgehead atoms. The highest BCUT2D eigenvalue weighted by Crippen LogP contribution is 2.36. The Morgan fingerprint density at radius 2 is 1.45 bits per heavy atom. The van der Waals surface area contributed by atoms with Gasteiger partial charge in [0.2, 0.25) is 0 Å². The first-order chi connectivity index (χ1) is 15.0. The van der Waals surface area contributed by atoms with Crippen molar-refractivity contribution in [2.24, 2.45) is 5.41 Å². The lowest BCUT2D eigenvalue weighted by atomic mass is 9.74. The molecule has 0 unspecified atom stereocenters. The Morgan fingerprint density at radius 3 is 2.00 bits per heavy atom. The second-order valence-corrected chi connectivity index (χ2v) is 8.53. The zero-order chi connectivity index (χ0) is 22.4. The van der Waals surface area contributed by atoms with E-state index in [-0.39, 0.29) is 11.8 Å². The lowest BCUT2D eigenvalue weighted by molar-refractivity contribution is 0.0646. The SMILES string of the molecule is CCc1cc(OCCCN2C(=O)c3ccccc3C2=O)ccc1CC(CC)(CC)CC. The van der Waals surface area contributed by atoms with Crippen LogP contribution in [0.3, 0.4) is 0 Å². The summed E-state index contributed by atoms with van der Waals surface area (Å²) < 4.78 is 5.97. The number of imide groups is 1. The fourth-order valence-corrected chi connectivity index (χ4v) is 4.58. The molecule has 31 heavy (non-hydrogen) atoms. The Labute approximate surface area is 186 Å². The molecule has 2 aromatic rings. The number of nitrogens with zero attached hydrogens (tertiary/aromatic N) is 1. The van der Waals surface area contributed by atoms with E-state index in [1.807, 2.05) is 0 Å². The van der Waals surface area contributed by atoms with Gasteiger partial charge in [-0.05, 0) is 60.1 Å². The number of carbonyl (C=O) groups is 2. The van der Waals surface area contributed by atoms with Crippen molar-refractivity contribution in [1.29, 1.82) is 0 Å². The maximum absolute atomic E-state index is 12.4. The van der Waals surface area contributed by atoms with E-state index in [4.69, 9.17) is 4.74 Å². The van der Waals surface area contributed by atoms with Gasteiger partial charge in [-0.25, -0.2) is 0 Å². The number of hydrogen-bond donors (Lipinski definition) is 0. The Morgan fingerprint density at radius 1 is 0.839 bits per heavy atom. The summed E-state index contributed by atoms with van der Waals surface area (Å²) in [4.78, 5) is 26.2. The quantitative estimate of drug-likeness (QED) is 0.327. The van der Waals surface area contributed by atoms with Gasteiger partial charge in [-0.1, -0.05) is 65.2 Å². The van der Waals surface area contributed by atoms with Gasteiger partial charge < -0.3 is 4.74 Å². The maximum Gasteiger partial charge on any atom is 0.261 e. The van der Waals surface area contributed by atoms with Crippen LogP contribution < -0.4 is 4.74 Å². The van der Waals surface area contributed by atoms with E-state index >= 15 is 0 Å². The Balaban J connectivity index is 1.57. The highest BCUT2D eigenvalue weighted by molar-refractivity contribution is 6.21. The number of hydrogen-bond acceptors (Lipinski definition) is 3. The Kier molecular flexibility index (Phi) is 7.53. The van der Waals surface area contributed by atoms with Crippen LogP contribution in [-0.2, 0) is 12.8 Å². The summed E-state index contributed by atoms with van der Waals surface area (Å²) >= 11 is 0. The van der Waals surface area contributed by atoms with Gasteiger partial charge >= 0.3 is 0 Å². The maximum atomic E-state index is 12.4. The molecule has 0 fully saturated rings. The number of aryl methyl sites for hydroxylation is 1. The van der Waals surface area contributed by atoms with Crippen molar-refractivity contribution in [1.82, 2.24) is 4.90 Å². The van der Waals surface area contributed by atoms with E-state index in [1.54, 1.807) is 24.3 Å². The van der Waals surface area contributed by atoms with Crippen LogP contribution >= 0.6 is 0 Å². The summed E-state index contributed by atoms with van der Waals surface area (Å²) in [6, 6.07) is 13.4. The molecule has 2 aromatic carbocycles. The lowest BCUT2D eigenvalue weighted by Crippen LogP contribution is -2.31. The van der Waals surface area contributed by atoms with E-state index in [0.29, 0.717) is 36.1 Å². The second-order valence-electron chi connectivity index (χ2n) is 8.53. The molecule has 4 heteroatoms. The summed E-state index contributed by atoms with van der Waals surface area (Å²) in [5, 5.41) is 0. The number of carbonyl (C=O) groups excluding carboxylic acids is 2. The molecule has 0 aromatic heterocycles. The van der Waals surface area contributed by atoms with Crippen LogP contribution in [0.5, 0.6) is 5.75 Å². The standard InChI is InChI=1S/C27H35NO3/c1-5-20-18-22(15-14-21(20)19-27(6-2,7-3)8-4)31-17-11-16-28-25(29)23-12-9-10-13-24(23)26(28)30/h9-10,12-15,18H,5-8,11,16-17,19H2,1-4H3.